The summed E-state index contributed by atoms with van der Waals surface area (Å²) < 4.78 is 6.44. The Balaban J connectivity index is 1.12. The lowest BCUT2D eigenvalue weighted by molar-refractivity contribution is 0.672. The molecule has 0 bridgehead atoms. The molecule has 48 heavy (non-hydrogen) atoms. The lowest BCUT2D eigenvalue weighted by atomic mass is 9.98. The molecule has 0 aliphatic rings. The summed E-state index contributed by atoms with van der Waals surface area (Å²) in [7, 11) is 0. The van der Waals surface area contributed by atoms with E-state index < -0.39 is 0 Å². The van der Waals surface area contributed by atoms with Gasteiger partial charge in [-0.05, 0) is 81.7 Å². The Morgan fingerprint density at radius 1 is 0.354 bits per heavy atom. The second-order valence-corrected chi connectivity index (χ2v) is 12.2. The third kappa shape index (κ3) is 4.92. The minimum atomic E-state index is 0.898. The van der Waals surface area contributed by atoms with Crippen LogP contribution >= 0.6 is 0 Å². The van der Waals surface area contributed by atoms with Crippen LogP contribution in [0.5, 0.6) is 0 Å². The Morgan fingerprint density at radius 3 is 1.67 bits per heavy atom. The van der Waals surface area contributed by atoms with Crippen molar-refractivity contribution in [3.8, 4) is 33.4 Å². The van der Waals surface area contributed by atoms with Crippen molar-refractivity contribution in [3.63, 3.8) is 0 Å². The maximum Gasteiger partial charge on any atom is 0.143 e. The Kier molecular flexibility index (Phi) is 6.84. The fraction of sp³-hybridized carbons (Fsp3) is 0. The second kappa shape index (κ2) is 11.8. The molecule has 0 saturated heterocycles. The van der Waals surface area contributed by atoms with Crippen LogP contribution in [0.2, 0.25) is 0 Å². The topological polar surface area (TPSA) is 16.4 Å². The monoisotopic (exact) mass is 613 g/mol. The summed E-state index contributed by atoms with van der Waals surface area (Å²) in [5.41, 5.74) is 12.3. The van der Waals surface area contributed by atoms with E-state index in [2.05, 4.69) is 193 Å². The molecule has 0 aliphatic heterocycles. The summed E-state index contributed by atoms with van der Waals surface area (Å²) in [5.74, 6) is 0. The number of fused-ring (bicyclic) bond motifs is 5. The van der Waals surface area contributed by atoms with Gasteiger partial charge in [-0.1, -0.05) is 140 Å². The van der Waals surface area contributed by atoms with Gasteiger partial charge in [-0.3, -0.25) is 0 Å². The van der Waals surface area contributed by atoms with Crippen LogP contribution < -0.4 is 4.90 Å². The largest absolute Gasteiger partial charge is 0.455 e. The highest BCUT2D eigenvalue weighted by atomic mass is 16.3. The number of rotatable bonds is 6. The van der Waals surface area contributed by atoms with Gasteiger partial charge in [0.1, 0.15) is 11.2 Å². The molecular formula is C46H31NO. The molecule has 0 atom stereocenters. The van der Waals surface area contributed by atoms with Crippen LogP contribution in [0.3, 0.4) is 0 Å². The zero-order valence-corrected chi connectivity index (χ0v) is 26.3. The van der Waals surface area contributed by atoms with Gasteiger partial charge >= 0.3 is 0 Å². The SMILES string of the molecule is c1ccc(-c2ccc(-c3ccc(N(c4ccccc4)c4ccccc4-c4ccc5oc6c7ccccc7ccc6c5c4)cc3)cc2)cc1. The van der Waals surface area contributed by atoms with E-state index in [1.807, 2.05) is 0 Å². The van der Waals surface area contributed by atoms with Crippen molar-refractivity contribution in [1.82, 2.24) is 0 Å². The van der Waals surface area contributed by atoms with Crippen LogP contribution in [-0.2, 0) is 0 Å². The average molecular weight is 614 g/mol. The lowest BCUT2D eigenvalue weighted by Gasteiger charge is -2.28. The third-order valence-corrected chi connectivity index (χ3v) is 9.28. The molecule has 8 aromatic carbocycles. The van der Waals surface area contributed by atoms with E-state index in [0.29, 0.717) is 0 Å². The fourth-order valence-corrected chi connectivity index (χ4v) is 6.88. The van der Waals surface area contributed by atoms with Gasteiger partial charge in [0.2, 0.25) is 0 Å². The minimum Gasteiger partial charge on any atom is -0.455 e. The van der Waals surface area contributed by atoms with E-state index in [4.69, 9.17) is 4.42 Å². The molecule has 9 rings (SSSR count). The average Bonchev–Trinajstić information content (AvgIpc) is 3.55. The molecule has 226 valence electrons. The van der Waals surface area contributed by atoms with E-state index >= 15 is 0 Å². The summed E-state index contributed by atoms with van der Waals surface area (Å²) >= 11 is 0. The zero-order valence-electron chi connectivity index (χ0n) is 26.3. The predicted molar refractivity (Wildman–Crippen MR) is 202 cm³/mol. The van der Waals surface area contributed by atoms with E-state index in [0.717, 1.165) is 55.5 Å². The highest BCUT2D eigenvalue weighted by Gasteiger charge is 2.18. The van der Waals surface area contributed by atoms with E-state index in [1.165, 1.54) is 27.6 Å². The first-order chi connectivity index (χ1) is 23.8. The van der Waals surface area contributed by atoms with Crippen LogP contribution in [0.15, 0.2) is 192 Å². The van der Waals surface area contributed by atoms with Gasteiger partial charge in [0.05, 0.1) is 5.69 Å². The van der Waals surface area contributed by atoms with Crippen LogP contribution in [0.25, 0.3) is 66.1 Å². The molecule has 0 amide bonds. The number of furan rings is 1. The second-order valence-electron chi connectivity index (χ2n) is 12.2. The third-order valence-electron chi connectivity index (χ3n) is 9.28. The fourth-order valence-electron chi connectivity index (χ4n) is 6.88. The zero-order chi connectivity index (χ0) is 31.9. The van der Waals surface area contributed by atoms with Crippen molar-refractivity contribution < 1.29 is 4.42 Å². The molecule has 0 spiro atoms. The Bertz CT molecular complexity index is 2530. The number of nitrogens with zero attached hydrogens (tertiary/aromatic N) is 1. The van der Waals surface area contributed by atoms with Crippen LogP contribution in [0.1, 0.15) is 0 Å². The van der Waals surface area contributed by atoms with Gasteiger partial charge in [0.15, 0.2) is 0 Å². The van der Waals surface area contributed by atoms with Crippen LogP contribution in [0.4, 0.5) is 17.1 Å². The first kappa shape index (κ1) is 27.9. The molecule has 2 nitrogen and oxygen atoms in total. The summed E-state index contributed by atoms with van der Waals surface area (Å²) in [6.07, 6.45) is 0. The van der Waals surface area contributed by atoms with Gasteiger partial charge < -0.3 is 9.32 Å². The molecule has 0 unspecified atom stereocenters. The van der Waals surface area contributed by atoms with Gasteiger partial charge in [-0.25, -0.2) is 0 Å². The number of hydrogen-bond donors (Lipinski definition) is 0. The standard InChI is InChI=1S/C46H31NO/c1-3-11-32(12-4-1)33-19-21-34(22-20-33)35-23-27-39(28-24-35)47(38-14-5-2-6-15-38)44-18-10-9-16-40(44)37-26-30-45-43(31-37)42-29-25-36-13-7-8-17-41(36)46(42)48-45/h1-31H. The predicted octanol–water partition coefficient (Wildman–Crippen LogP) is 13.2. The number of para-hydroxylation sites is 2. The Hall–Kier alpha value is -6.38. The molecule has 0 aliphatic carbocycles. The molecule has 0 N–H and O–H groups in total. The molecule has 0 fully saturated rings. The summed E-state index contributed by atoms with van der Waals surface area (Å²) in [6, 6.07) is 66.9. The lowest BCUT2D eigenvalue weighted by Crippen LogP contribution is -2.11. The van der Waals surface area contributed by atoms with Gasteiger partial charge in [0, 0.05) is 33.1 Å². The van der Waals surface area contributed by atoms with E-state index in [1.54, 1.807) is 0 Å². The van der Waals surface area contributed by atoms with Crippen molar-refractivity contribution in [2.24, 2.45) is 0 Å². The summed E-state index contributed by atoms with van der Waals surface area (Å²) in [5, 5.41) is 4.58. The normalized spacial score (nSPS) is 11.3. The molecular weight excluding hydrogens is 583 g/mol. The van der Waals surface area contributed by atoms with Crippen molar-refractivity contribution in [3.05, 3.63) is 188 Å². The van der Waals surface area contributed by atoms with Crippen LogP contribution in [-0.4, -0.2) is 0 Å². The van der Waals surface area contributed by atoms with Crippen molar-refractivity contribution in [1.29, 1.82) is 0 Å². The number of benzene rings is 8. The molecule has 1 heterocycles. The quantitative estimate of drug-likeness (QED) is 0.185. The van der Waals surface area contributed by atoms with E-state index in [-0.39, 0.29) is 0 Å². The minimum absolute atomic E-state index is 0.898. The number of hydrogen-bond acceptors (Lipinski definition) is 2. The highest BCUT2D eigenvalue weighted by Crippen LogP contribution is 2.43. The first-order valence-electron chi connectivity index (χ1n) is 16.3. The maximum atomic E-state index is 6.44. The maximum absolute atomic E-state index is 6.44. The van der Waals surface area contributed by atoms with Crippen LogP contribution in [0, 0.1) is 0 Å². The summed E-state index contributed by atoms with van der Waals surface area (Å²) in [6.45, 7) is 0. The van der Waals surface area contributed by atoms with Gasteiger partial charge in [-0.15, -0.1) is 0 Å². The highest BCUT2D eigenvalue weighted by molar-refractivity contribution is 6.15. The van der Waals surface area contributed by atoms with E-state index in [9.17, 15) is 0 Å². The molecule has 9 aromatic rings. The van der Waals surface area contributed by atoms with Crippen molar-refractivity contribution >= 4 is 49.8 Å². The van der Waals surface area contributed by atoms with Crippen molar-refractivity contribution in [2.45, 2.75) is 0 Å². The van der Waals surface area contributed by atoms with Crippen molar-refractivity contribution in [2.75, 3.05) is 4.90 Å². The van der Waals surface area contributed by atoms with Gasteiger partial charge in [-0.2, -0.15) is 0 Å². The van der Waals surface area contributed by atoms with Gasteiger partial charge in [0.25, 0.3) is 0 Å². The molecule has 2 heteroatoms. The molecule has 1 aromatic heterocycles. The Morgan fingerprint density at radius 2 is 0.917 bits per heavy atom. The summed E-state index contributed by atoms with van der Waals surface area (Å²) in [4.78, 5) is 2.35. The smallest absolute Gasteiger partial charge is 0.143 e. The molecule has 0 radical (unpaired) electrons. The number of anilines is 3. The molecule has 0 saturated carbocycles. The first-order valence-corrected chi connectivity index (χ1v) is 16.3. The Labute approximate surface area is 279 Å².